The molecule has 2 rings (SSSR count). The first-order valence-electron chi connectivity index (χ1n) is 9.08. The lowest BCUT2D eigenvalue weighted by Gasteiger charge is -2.22. The van der Waals surface area contributed by atoms with Crippen LogP contribution in [0.3, 0.4) is 0 Å². The third kappa shape index (κ3) is 4.69. The number of hydrogen-bond donors (Lipinski definition) is 0. The molecule has 26 heavy (non-hydrogen) atoms. The van der Waals surface area contributed by atoms with E-state index in [0.717, 1.165) is 24.1 Å². The van der Waals surface area contributed by atoms with Crippen LogP contribution in [0, 0.1) is 6.92 Å². The molecule has 1 heterocycles. The summed E-state index contributed by atoms with van der Waals surface area (Å²) < 4.78 is 0. The van der Waals surface area contributed by atoms with Gasteiger partial charge >= 0.3 is 0 Å². The maximum absolute atomic E-state index is 13.0. The van der Waals surface area contributed by atoms with E-state index in [1.165, 1.54) is 6.20 Å². The van der Waals surface area contributed by atoms with Crippen molar-refractivity contribution < 1.29 is 9.59 Å². The summed E-state index contributed by atoms with van der Waals surface area (Å²) in [7, 11) is 1.76. The molecule has 1 aromatic carbocycles. The van der Waals surface area contributed by atoms with E-state index >= 15 is 0 Å². The van der Waals surface area contributed by atoms with E-state index in [1.54, 1.807) is 29.0 Å². The topological polar surface area (TPSA) is 53.5 Å². The Hall–Kier alpha value is -2.69. The average molecular weight is 353 g/mol. The van der Waals surface area contributed by atoms with Crippen LogP contribution in [0.1, 0.15) is 53.1 Å². The van der Waals surface area contributed by atoms with Crippen LogP contribution in [0.15, 0.2) is 42.6 Å². The molecule has 0 N–H and O–H groups in total. The Morgan fingerprint density at radius 3 is 2.50 bits per heavy atom. The number of rotatable bonds is 7. The molecule has 0 aliphatic carbocycles. The first-order chi connectivity index (χ1) is 12.5. The molecule has 0 aliphatic rings. The second kappa shape index (κ2) is 9.13. The van der Waals surface area contributed by atoms with E-state index < -0.39 is 0 Å². The molecular formula is C21H27N3O2. The molecule has 138 valence electrons. The predicted octanol–water partition coefficient (Wildman–Crippen LogP) is 3.93. The van der Waals surface area contributed by atoms with E-state index in [0.29, 0.717) is 24.3 Å². The number of anilines is 1. The number of aryl methyl sites for hydroxylation is 1. The van der Waals surface area contributed by atoms with E-state index in [-0.39, 0.29) is 11.8 Å². The summed E-state index contributed by atoms with van der Waals surface area (Å²) >= 11 is 0. The molecular weight excluding hydrogens is 326 g/mol. The minimum absolute atomic E-state index is 0.134. The van der Waals surface area contributed by atoms with Gasteiger partial charge in [0.1, 0.15) is 5.69 Å². The van der Waals surface area contributed by atoms with Gasteiger partial charge in [0, 0.05) is 37.6 Å². The van der Waals surface area contributed by atoms with E-state index in [9.17, 15) is 9.59 Å². The highest BCUT2D eigenvalue weighted by atomic mass is 16.2. The first kappa shape index (κ1) is 19.6. The van der Waals surface area contributed by atoms with Crippen molar-refractivity contribution in [3.05, 3.63) is 59.4 Å². The van der Waals surface area contributed by atoms with Crippen LogP contribution in [0.5, 0.6) is 0 Å². The Morgan fingerprint density at radius 2 is 1.85 bits per heavy atom. The number of hydrogen-bond acceptors (Lipinski definition) is 3. The molecule has 0 aliphatic heterocycles. The minimum Gasteiger partial charge on any atom is -0.340 e. The van der Waals surface area contributed by atoms with Crippen molar-refractivity contribution in [2.24, 2.45) is 0 Å². The summed E-state index contributed by atoms with van der Waals surface area (Å²) in [6.45, 7) is 7.24. The van der Waals surface area contributed by atoms with Crippen molar-refractivity contribution in [1.82, 2.24) is 9.88 Å². The number of nitrogens with zero attached hydrogens (tertiary/aromatic N) is 3. The largest absolute Gasteiger partial charge is 0.340 e. The molecule has 0 bridgehead atoms. The number of unbranched alkanes of at least 4 members (excludes halogenated alkanes) is 1. The van der Waals surface area contributed by atoms with Crippen molar-refractivity contribution >= 4 is 17.5 Å². The van der Waals surface area contributed by atoms with Crippen LogP contribution in [0.25, 0.3) is 0 Å². The molecule has 2 aromatic rings. The Labute approximate surface area is 155 Å². The number of amides is 2. The number of pyridine rings is 1. The molecule has 5 nitrogen and oxygen atoms in total. The Morgan fingerprint density at radius 1 is 1.08 bits per heavy atom. The van der Waals surface area contributed by atoms with Gasteiger partial charge in [-0.25, -0.2) is 0 Å². The Kier molecular flexibility index (Phi) is 6.89. The number of carbonyl (C=O) groups excluding carboxylic acids is 2. The standard InChI is InChI=1S/C21H27N3O2/c1-5-7-13-23(4)21(26)19-15-17(11-12-22-19)20(25)24(6-2)18-10-8-9-16(3)14-18/h8-12,14-15H,5-7,13H2,1-4H3. The second-order valence-electron chi connectivity index (χ2n) is 6.40. The van der Waals surface area contributed by atoms with E-state index in [1.807, 2.05) is 38.1 Å². The van der Waals surface area contributed by atoms with Gasteiger partial charge in [0.25, 0.3) is 11.8 Å². The lowest BCUT2D eigenvalue weighted by Crippen LogP contribution is -2.32. The lowest BCUT2D eigenvalue weighted by atomic mass is 10.1. The Balaban J connectivity index is 2.25. The molecule has 0 radical (unpaired) electrons. The molecule has 0 unspecified atom stereocenters. The zero-order valence-electron chi connectivity index (χ0n) is 16.0. The summed E-state index contributed by atoms with van der Waals surface area (Å²) in [5.41, 5.74) is 2.71. The summed E-state index contributed by atoms with van der Waals surface area (Å²) in [5.74, 6) is -0.294. The van der Waals surface area contributed by atoms with E-state index in [4.69, 9.17) is 0 Å². The van der Waals surface area contributed by atoms with Crippen LogP contribution >= 0.6 is 0 Å². The monoisotopic (exact) mass is 353 g/mol. The zero-order chi connectivity index (χ0) is 19.1. The number of aromatic nitrogens is 1. The van der Waals surface area contributed by atoms with Crippen molar-refractivity contribution in [3.63, 3.8) is 0 Å². The maximum atomic E-state index is 13.0. The SMILES string of the molecule is CCCCN(C)C(=O)c1cc(C(=O)N(CC)c2cccc(C)c2)ccn1. The zero-order valence-corrected chi connectivity index (χ0v) is 16.0. The summed E-state index contributed by atoms with van der Waals surface area (Å²) in [4.78, 5) is 33.0. The molecule has 1 aromatic heterocycles. The van der Waals surface area contributed by atoms with Gasteiger partial charge in [-0.2, -0.15) is 0 Å². The highest BCUT2D eigenvalue weighted by Crippen LogP contribution is 2.19. The molecule has 0 spiro atoms. The van der Waals surface area contributed by atoms with Gasteiger partial charge in [-0.1, -0.05) is 25.5 Å². The van der Waals surface area contributed by atoms with Crippen molar-refractivity contribution in [1.29, 1.82) is 0 Å². The summed E-state index contributed by atoms with van der Waals surface area (Å²) in [6.07, 6.45) is 3.49. The van der Waals surface area contributed by atoms with Gasteiger partial charge in [0.2, 0.25) is 0 Å². The number of benzene rings is 1. The van der Waals surface area contributed by atoms with Gasteiger partial charge < -0.3 is 9.80 Å². The van der Waals surface area contributed by atoms with Crippen LogP contribution in [0.2, 0.25) is 0 Å². The average Bonchev–Trinajstić information content (AvgIpc) is 2.66. The molecule has 0 saturated carbocycles. The fourth-order valence-corrected chi connectivity index (χ4v) is 2.77. The van der Waals surface area contributed by atoms with Crippen LogP contribution < -0.4 is 4.90 Å². The molecule has 5 heteroatoms. The molecule has 0 atom stereocenters. The van der Waals surface area contributed by atoms with Crippen molar-refractivity contribution in [2.45, 2.75) is 33.6 Å². The van der Waals surface area contributed by atoms with Gasteiger partial charge in [-0.05, 0) is 50.1 Å². The first-order valence-corrected chi connectivity index (χ1v) is 9.08. The fraction of sp³-hybridized carbons (Fsp3) is 0.381. The van der Waals surface area contributed by atoms with Gasteiger partial charge in [-0.15, -0.1) is 0 Å². The fourth-order valence-electron chi connectivity index (χ4n) is 2.77. The van der Waals surface area contributed by atoms with Gasteiger partial charge in [0.15, 0.2) is 0 Å². The second-order valence-corrected chi connectivity index (χ2v) is 6.40. The third-order valence-corrected chi connectivity index (χ3v) is 4.29. The molecule has 0 saturated heterocycles. The van der Waals surface area contributed by atoms with Gasteiger partial charge in [0.05, 0.1) is 0 Å². The highest BCUT2D eigenvalue weighted by molar-refractivity contribution is 6.07. The van der Waals surface area contributed by atoms with Gasteiger partial charge in [-0.3, -0.25) is 14.6 Å². The van der Waals surface area contributed by atoms with Crippen LogP contribution in [-0.4, -0.2) is 41.8 Å². The molecule has 2 amide bonds. The smallest absolute Gasteiger partial charge is 0.272 e. The minimum atomic E-state index is -0.160. The normalized spacial score (nSPS) is 10.5. The van der Waals surface area contributed by atoms with E-state index in [2.05, 4.69) is 11.9 Å². The maximum Gasteiger partial charge on any atom is 0.272 e. The van der Waals surface area contributed by atoms with Crippen LogP contribution in [0.4, 0.5) is 5.69 Å². The highest BCUT2D eigenvalue weighted by Gasteiger charge is 2.19. The van der Waals surface area contributed by atoms with Crippen LogP contribution in [-0.2, 0) is 0 Å². The summed E-state index contributed by atoms with van der Waals surface area (Å²) in [6, 6.07) is 11.1. The van der Waals surface area contributed by atoms with Crippen molar-refractivity contribution in [2.75, 3.05) is 25.0 Å². The Bertz CT molecular complexity index is 773. The lowest BCUT2D eigenvalue weighted by molar-refractivity contribution is 0.0787. The quantitative estimate of drug-likeness (QED) is 0.758. The van der Waals surface area contributed by atoms with Crippen molar-refractivity contribution in [3.8, 4) is 0 Å². The summed E-state index contributed by atoms with van der Waals surface area (Å²) in [5, 5.41) is 0. The third-order valence-electron chi connectivity index (χ3n) is 4.29. The number of carbonyl (C=O) groups is 2. The molecule has 0 fully saturated rings. The predicted molar refractivity (Wildman–Crippen MR) is 105 cm³/mol.